The first-order valence-electron chi connectivity index (χ1n) is 6.93. The lowest BCUT2D eigenvalue weighted by Gasteiger charge is -2.25. The first kappa shape index (κ1) is 16.2. The van der Waals surface area contributed by atoms with Crippen LogP contribution in [0.2, 0.25) is 0 Å². The van der Waals surface area contributed by atoms with Crippen molar-refractivity contribution in [3.8, 4) is 0 Å². The lowest BCUT2D eigenvalue weighted by atomic mass is 10.2. The molecule has 1 aromatic heterocycles. The van der Waals surface area contributed by atoms with E-state index in [2.05, 4.69) is 29.1 Å². The van der Waals surface area contributed by atoms with Gasteiger partial charge in [-0.2, -0.15) is 0 Å². The second-order valence-corrected chi connectivity index (χ2v) is 5.61. The van der Waals surface area contributed by atoms with Crippen LogP contribution in [0.5, 0.6) is 0 Å². The maximum atomic E-state index is 11.3. The van der Waals surface area contributed by atoms with E-state index in [4.69, 9.17) is 5.73 Å². The van der Waals surface area contributed by atoms with Gasteiger partial charge in [0.25, 0.3) is 0 Å². The third-order valence-corrected chi connectivity index (χ3v) is 2.76. The molecule has 0 spiro atoms. The van der Waals surface area contributed by atoms with Crippen LogP contribution in [-0.4, -0.2) is 36.0 Å². The fraction of sp³-hybridized carbons (Fsp3) is 0.643. The largest absolute Gasteiger partial charge is 0.373 e. The van der Waals surface area contributed by atoms with Gasteiger partial charge in [0.1, 0.15) is 17.5 Å². The SMILES string of the molecule is CNc1cc(N(CC(N)=O)CC(C)C)nc(C(C)C)n1. The normalized spacial score (nSPS) is 10.9. The van der Waals surface area contributed by atoms with Gasteiger partial charge in [0.15, 0.2) is 0 Å². The Morgan fingerprint density at radius 1 is 1.35 bits per heavy atom. The minimum Gasteiger partial charge on any atom is -0.373 e. The summed E-state index contributed by atoms with van der Waals surface area (Å²) in [4.78, 5) is 22.1. The van der Waals surface area contributed by atoms with Crippen molar-refractivity contribution in [1.82, 2.24) is 9.97 Å². The summed E-state index contributed by atoms with van der Waals surface area (Å²) in [5, 5.41) is 3.03. The number of aromatic nitrogens is 2. The highest BCUT2D eigenvalue weighted by atomic mass is 16.1. The van der Waals surface area contributed by atoms with Crippen LogP contribution in [0.1, 0.15) is 39.4 Å². The van der Waals surface area contributed by atoms with Gasteiger partial charge in [-0.15, -0.1) is 0 Å². The predicted octanol–water partition coefficient (Wildman–Crippen LogP) is 1.59. The summed E-state index contributed by atoms with van der Waals surface area (Å²) in [6.45, 7) is 9.16. The number of primary amides is 1. The molecule has 6 nitrogen and oxygen atoms in total. The molecule has 0 atom stereocenters. The minimum atomic E-state index is -0.360. The van der Waals surface area contributed by atoms with E-state index in [0.717, 1.165) is 24.0 Å². The molecule has 0 unspecified atom stereocenters. The summed E-state index contributed by atoms with van der Waals surface area (Å²) in [5.41, 5.74) is 5.34. The zero-order valence-electron chi connectivity index (χ0n) is 13.0. The van der Waals surface area contributed by atoms with Crippen molar-refractivity contribution >= 4 is 17.5 Å². The molecule has 1 aromatic rings. The number of carbonyl (C=O) groups is 1. The molecule has 0 radical (unpaired) electrons. The Morgan fingerprint density at radius 2 is 2.00 bits per heavy atom. The summed E-state index contributed by atoms with van der Waals surface area (Å²) in [5.74, 6) is 2.50. The van der Waals surface area contributed by atoms with Gasteiger partial charge in [-0.25, -0.2) is 9.97 Å². The molecule has 0 saturated heterocycles. The second-order valence-electron chi connectivity index (χ2n) is 5.61. The van der Waals surface area contributed by atoms with E-state index in [9.17, 15) is 4.79 Å². The van der Waals surface area contributed by atoms with Crippen molar-refractivity contribution < 1.29 is 4.79 Å². The molecule has 20 heavy (non-hydrogen) atoms. The minimum absolute atomic E-state index is 0.163. The van der Waals surface area contributed by atoms with E-state index >= 15 is 0 Å². The predicted molar refractivity (Wildman–Crippen MR) is 81.9 cm³/mol. The monoisotopic (exact) mass is 279 g/mol. The topological polar surface area (TPSA) is 84.1 Å². The van der Waals surface area contributed by atoms with Crippen LogP contribution in [0.25, 0.3) is 0 Å². The zero-order chi connectivity index (χ0) is 15.3. The van der Waals surface area contributed by atoms with Gasteiger partial charge in [0, 0.05) is 25.6 Å². The summed E-state index contributed by atoms with van der Waals surface area (Å²) < 4.78 is 0. The van der Waals surface area contributed by atoms with Gasteiger partial charge in [-0.1, -0.05) is 27.7 Å². The highest BCUT2D eigenvalue weighted by molar-refractivity contribution is 5.79. The number of hydrogen-bond acceptors (Lipinski definition) is 5. The fourth-order valence-electron chi connectivity index (χ4n) is 1.87. The molecule has 0 aliphatic carbocycles. The van der Waals surface area contributed by atoms with E-state index in [1.165, 1.54) is 0 Å². The van der Waals surface area contributed by atoms with Crippen molar-refractivity contribution in [2.45, 2.75) is 33.6 Å². The summed E-state index contributed by atoms with van der Waals surface area (Å²) >= 11 is 0. The second kappa shape index (κ2) is 7.07. The molecular weight excluding hydrogens is 254 g/mol. The zero-order valence-corrected chi connectivity index (χ0v) is 13.0. The van der Waals surface area contributed by atoms with Gasteiger partial charge < -0.3 is 16.0 Å². The summed E-state index contributed by atoms with van der Waals surface area (Å²) in [7, 11) is 1.82. The molecule has 1 rings (SSSR count). The van der Waals surface area contributed by atoms with Gasteiger partial charge in [-0.3, -0.25) is 4.79 Å². The van der Waals surface area contributed by atoms with Crippen molar-refractivity contribution in [3.05, 3.63) is 11.9 Å². The Bertz CT molecular complexity index is 459. The van der Waals surface area contributed by atoms with Crippen molar-refractivity contribution in [2.75, 3.05) is 30.4 Å². The standard InChI is InChI=1S/C14H25N5O/c1-9(2)7-19(8-11(15)20)13-6-12(16-5)17-14(18-13)10(3)4/h6,9-10H,7-8H2,1-5H3,(H2,15,20)(H,16,17,18). The lowest BCUT2D eigenvalue weighted by molar-refractivity contribution is -0.116. The molecule has 3 N–H and O–H groups in total. The van der Waals surface area contributed by atoms with Crippen LogP contribution >= 0.6 is 0 Å². The molecule has 0 aromatic carbocycles. The van der Waals surface area contributed by atoms with Crippen LogP contribution in [0, 0.1) is 5.92 Å². The number of nitrogens with one attached hydrogen (secondary N) is 1. The summed E-state index contributed by atoms with van der Waals surface area (Å²) in [6, 6.07) is 1.84. The van der Waals surface area contributed by atoms with Crippen LogP contribution in [0.3, 0.4) is 0 Å². The number of rotatable bonds is 7. The molecule has 6 heteroatoms. The quantitative estimate of drug-likeness (QED) is 0.792. The van der Waals surface area contributed by atoms with Crippen LogP contribution in [0.4, 0.5) is 11.6 Å². The van der Waals surface area contributed by atoms with Crippen LogP contribution in [0.15, 0.2) is 6.07 Å². The molecule has 0 aliphatic rings. The van der Waals surface area contributed by atoms with E-state index in [0.29, 0.717) is 5.92 Å². The molecule has 112 valence electrons. The summed E-state index contributed by atoms with van der Waals surface area (Å²) in [6.07, 6.45) is 0. The Kier molecular flexibility index (Phi) is 5.73. The van der Waals surface area contributed by atoms with Crippen LogP contribution < -0.4 is 16.0 Å². The van der Waals surface area contributed by atoms with E-state index in [1.54, 1.807) is 0 Å². The molecule has 0 saturated carbocycles. The maximum Gasteiger partial charge on any atom is 0.236 e. The van der Waals surface area contributed by atoms with Crippen molar-refractivity contribution in [1.29, 1.82) is 0 Å². The van der Waals surface area contributed by atoms with Gasteiger partial charge in [-0.05, 0) is 5.92 Å². The van der Waals surface area contributed by atoms with E-state index in [1.807, 2.05) is 31.9 Å². The smallest absolute Gasteiger partial charge is 0.236 e. The van der Waals surface area contributed by atoms with E-state index in [-0.39, 0.29) is 18.4 Å². The molecule has 0 aliphatic heterocycles. The Labute approximate surface area is 120 Å². The average molecular weight is 279 g/mol. The number of carbonyl (C=O) groups excluding carboxylic acids is 1. The maximum absolute atomic E-state index is 11.3. The number of nitrogens with zero attached hydrogens (tertiary/aromatic N) is 3. The Balaban J connectivity index is 3.16. The number of amides is 1. The van der Waals surface area contributed by atoms with Gasteiger partial charge >= 0.3 is 0 Å². The highest BCUT2D eigenvalue weighted by Crippen LogP contribution is 2.20. The van der Waals surface area contributed by atoms with Gasteiger partial charge in [0.2, 0.25) is 5.91 Å². The molecule has 1 heterocycles. The van der Waals surface area contributed by atoms with Crippen molar-refractivity contribution in [2.24, 2.45) is 11.7 Å². The molecule has 1 amide bonds. The average Bonchev–Trinajstić information content (AvgIpc) is 2.36. The molecule has 0 fully saturated rings. The lowest BCUT2D eigenvalue weighted by Crippen LogP contribution is -2.37. The fourth-order valence-corrected chi connectivity index (χ4v) is 1.87. The molecular formula is C14H25N5O. The third kappa shape index (κ3) is 4.68. The van der Waals surface area contributed by atoms with E-state index < -0.39 is 0 Å². The first-order valence-corrected chi connectivity index (χ1v) is 6.93. The first-order chi connectivity index (χ1) is 9.33. The molecule has 0 bridgehead atoms. The number of nitrogens with two attached hydrogens (primary N) is 1. The number of anilines is 2. The Morgan fingerprint density at radius 3 is 2.45 bits per heavy atom. The Hall–Kier alpha value is -1.85. The van der Waals surface area contributed by atoms with Gasteiger partial charge in [0.05, 0.1) is 6.54 Å². The number of hydrogen-bond donors (Lipinski definition) is 2. The van der Waals surface area contributed by atoms with Crippen molar-refractivity contribution in [3.63, 3.8) is 0 Å². The highest BCUT2D eigenvalue weighted by Gasteiger charge is 2.16. The van der Waals surface area contributed by atoms with Crippen LogP contribution in [-0.2, 0) is 4.79 Å². The third-order valence-electron chi connectivity index (χ3n) is 2.76.